The van der Waals surface area contributed by atoms with Gasteiger partial charge in [0.25, 0.3) is 0 Å². The summed E-state index contributed by atoms with van der Waals surface area (Å²) in [7, 11) is 0. The molecule has 0 saturated heterocycles. The molecule has 0 aliphatic carbocycles. The molecule has 0 fully saturated rings. The quantitative estimate of drug-likeness (QED) is 0.190. The first-order valence-corrected chi connectivity index (χ1v) is 17.2. The second kappa shape index (κ2) is 10.8. The summed E-state index contributed by atoms with van der Waals surface area (Å²) in [5, 5.41) is 5.75. The average molecular weight is 653 g/mol. The van der Waals surface area contributed by atoms with E-state index in [2.05, 4.69) is 161 Å². The van der Waals surface area contributed by atoms with Gasteiger partial charge in [0.2, 0.25) is 5.95 Å². The summed E-state index contributed by atoms with van der Waals surface area (Å²) in [5.74, 6) is 0.608. The van der Waals surface area contributed by atoms with E-state index < -0.39 is 0 Å². The van der Waals surface area contributed by atoms with Crippen molar-refractivity contribution in [2.24, 2.45) is 0 Å². The van der Waals surface area contributed by atoms with Gasteiger partial charge in [-0.25, -0.2) is 9.97 Å². The number of rotatable bonds is 4. The Hall–Kier alpha value is -6.98. The molecule has 11 rings (SSSR count). The van der Waals surface area contributed by atoms with E-state index in [1.54, 1.807) is 0 Å². The van der Waals surface area contributed by atoms with E-state index >= 15 is 0 Å². The summed E-state index contributed by atoms with van der Waals surface area (Å²) in [5.41, 5.74) is 11.8. The van der Waals surface area contributed by atoms with E-state index in [0.29, 0.717) is 11.5 Å². The molecule has 0 radical (unpaired) electrons. The number of hydrogen-bond acceptors (Lipinski definition) is 3. The smallest absolute Gasteiger partial charge is 0.236 e. The summed E-state index contributed by atoms with van der Waals surface area (Å²) in [6, 6.07) is 59.6. The van der Waals surface area contributed by atoms with E-state index in [4.69, 9.17) is 14.4 Å². The predicted octanol–water partition coefficient (Wildman–Crippen LogP) is 11.9. The number of furan rings is 1. The standard InChI is InChI=1S/C46H28N4O/c1-2-14-29(15-3-1)32-22-13-26-40-42(32)35-20-6-10-25-39(35)49(40)31-17-12-16-30(28-31)43-45-44(36-21-7-11-27-41(36)51-45)48-46(47-43)50-37-23-8-4-18-33(37)34-19-5-9-24-38(34)50/h1-28H. The number of aromatic nitrogens is 4. The van der Waals surface area contributed by atoms with Gasteiger partial charge in [-0.15, -0.1) is 0 Å². The van der Waals surface area contributed by atoms with Crippen LogP contribution in [0, 0.1) is 0 Å². The Morgan fingerprint density at radius 1 is 0.431 bits per heavy atom. The molecule has 238 valence electrons. The Bertz CT molecular complexity index is 3090. The lowest BCUT2D eigenvalue weighted by Gasteiger charge is -2.12. The molecule has 7 aromatic carbocycles. The Morgan fingerprint density at radius 2 is 1.02 bits per heavy atom. The van der Waals surface area contributed by atoms with Crippen LogP contribution in [0.4, 0.5) is 0 Å². The highest BCUT2D eigenvalue weighted by Gasteiger charge is 2.22. The first-order valence-electron chi connectivity index (χ1n) is 17.2. The van der Waals surface area contributed by atoms with Crippen molar-refractivity contribution in [2.45, 2.75) is 0 Å². The van der Waals surface area contributed by atoms with Crippen molar-refractivity contribution in [3.05, 3.63) is 170 Å². The van der Waals surface area contributed by atoms with Gasteiger partial charge in [-0.2, -0.15) is 0 Å². The van der Waals surface area contributed by atoms with Gasteiger partial charge in [0.15, 0.2) is 5.58 Å². The number of hydrogen-bond donors (Lipinski definition) is 0. The molecule has 11 aromatic rings. The third kappa shape index (κ3) is 4.09. The van der Waals surface area contributed by atoms with Crippen molar-refractivity contribution < 1.29 is 4.42 Å². The Morgan fingerprint density at radius 3 is 1.78 bits per heavy atom. The van der Waals surface area contributed by atoms with E-state index in [1.807, 2.05) is 18.2 Å². The highest BCUT2D eigenvalue weighted by atomic mass is 16.3. The van der Waals surface area contributed by atoms with Crippen LogP contribution >= 0.6 is 0 Å². The Kier molecular flexibility index (Phi) is 5.89. The van der Waals surface area contributed by atoms with Crippen LogP contribution in [-0.2, 0) is 0 Å². The first kappa shape index (κ1) is 27.9. The van der Waals surface area contributed by atoms with Gasteiger partial charge in [-0.05, 0) is 59.7 Å². The van der Waals surface area contributed by atoms with Crippen LogP contribution in [0.1, 0.15) is 0 Å². The lowest BCUT2D eigenvalue weighted by atomic mass is 9.99. The van der Waals surface area contributed by atoms with Crippen LogP contribution in [0.3, 0.4) is 0 Å². The van der Waals surface area contributed by atoms with Crippen LogP contribution in [-0.4, -0.2) is 19.1 Å². The fourth-order valence-electron chi connectivity index (χ4n) is 7.96. The highest BCUT2D eigenvalue weighted by molar-refractivity contribution is 6.16. The minimum Gasteiger partial charge on any atom is -0.452 e. The van der Waals surface area contributed by atoms with Gasteiger partial charge in [-0.1, -0.05) is 121 Å². The summed E-state index contributed by atoms with van der Waals surface area (Å²) < 4.78 is 11.1. The normalized spacial score (nSPS) is 11.9. The summed E-state index contributed by atoms with van der Waals surface area (Å²) >= 11 is 0. The molecule has 0 atom stereocenters. The van der Waals surface area contributed by atoms with Crippen LogP contribution in [0.5, 0.6) is 0 Å². The molecule has 0 aliphatic heterocycles. The molecule has 0 saturated carbocycles. The molecule has 0 unspecified atom stereocenters. The van der Waals surface area contributed by atoms with Crippen molar-refractivity contribution in [1.29, 1.82) is 0 Å². The molecule has 51 heavy (non-hydrogen) atoms. The molecule has 0 bridgehead atoms. The maximum absolute atomic E-state index is 6.58. The zero-order chi connectivity index (χ0) is 33.5. The second-order valence-corrected chi connectivity index (χ2v) is 13.0. The SMILES string of the molecule is c1ccc(-c2cccc3c2c2ccccc2n3-c2cccc(-c3nc(-n4c5ccccc5c5ccccc54)nc4c3oc3ccccc34)c2)cc1. The third-order valence-electron chi connectivity index (χ3n) is 10.1. The summed E-state index contributed by atoms with van der Waals surface area (Å²) in [4.78, 5) is 10.6. The zero-order valence-corrected chi connectivity index (χ0v) is 27.4. The van der Waals surface area contributed by atoms with E-state index in [1.165, 1.54) is 32.7 Å². The minimum atomic E-state index is 0.608. The summed E-state index contributed by atoms with van der Waals surface area (Å²) in [6.45, 7) is 0. The molecule has 5 nitrogen and oxygen atoms in total. The maximum atomic E-state index is 6.58. The van der Waals surface area contributed by atoms with Gasteiger partial charge >= 0.3 is 0 Å². The number of fused-ring (bicyclic) bond motifs is 9. The topological polar surface area (TPSA) is 48.8 Å². The van der Waals surface area contributed by atoms with E-state index in [9.17, 15) is 0 Å². The average Bonchev–Trinajstić information content (AvgIpc) is 3.86. The summed E-state index contributed by atoms with van der Waals surface area (Å²) in [6.07, 6.45) is 0. The Labute approximate surface area is 292 Å². The lowest BCUT2D eigenvalue weighted by Crippen LogP contribution is -2.03. The van der Waals surface area contributed by atoms with Gasteiger partial charge in [0, 0.05) is 38.2 Å². The predicted molar refractivity (Wildman–Crippen MR) is 209 cm³/mol. The number of benzene rings is 7. The number of para-hydroxylation sites is 4. The Balaban J connectivity index is 1.19. The van der Waals surface area contributed by atoms with Gasteiger partial charge in [0.1, 0.15) is 16.8 Å². The van der Waals surface area contributed by atoms with Gasteiger partial charge in [-0.3, -0.25) is 4.57 Å². The third-order valence-corrected chi connectivity index (χ3v) is 10.1. The van der Waals surface area contributed by atoms with Crippen LogP contribution < -0.4 is 0 Å². The largest absolute Gasteiger partial charge is 0.452 e. The number of nitrogens with zero attached hydrogens (tertiary/aromatic N) is 4. The molecule has 0 aliphatic rings. The van der Waals surface area contributed by atoms with Crippen molar-refractivity contribution >= 4 is 65.7 Å². The van der Waals surface area contributed by atoms with Gasteiger partial charge < -0.3 is 8.98 Å². The zero-order valence-electron chi connectivity index (χ0n) is 27.4. The molecule has 0 amide bonds. The first-order chi connectivity index (χ1) is 25.3. The highest BCUT2D eigenvalue weighted by Crippen LogP contribution is 2.41. The van der Waals surface area contributed by atoms with Crippen LogP contribution in [0.15, 0.2) is 174 Å². The van der Waals surface area contributed by atoms with Gasteiger partial charge in [0.05, 0.1) is 22.1 Å². The fraction of sp³-hybridized carbons (Fsp3) is 0. The molecular weight excluding hydrogens is 625 g/mol. The van der Waals surface area contributed by atoms with Crippen molar-refractivity contribution in [3.8, 4) is 34.0 Å². The lowest BCUT2D eigenvalue weighted by molar-refractivity contribution is 0.666. The second-order valence-electron chi connectivity index (χ2n) is 13.0. The maximum Gasteiger partial charge on any atom is 0.236 e. The fourth-order valence-corrected chi connectivity index (χ4v) is 7.96. The van der Waals surface area contributed by atoms with Crippen molar-refractivity contribution in [2.75, 3.05) is 0 Å². The molecular formula is C46H28N4O. The van der Waals surface area contributed by atoms with E-state index in [-0.39, 0.29) is 0 Å². The monoisotopic (exact) mass is 652 g/mol. The minimum absolute atomic E-state index is 0.608. The molecule has 4 aromatic heterocycles. The van der Waals surface area contributed by atoms with Crippen molar-refractivity contribution in [3.63, 3.8) is 0 Å². The molecule has 4 heterocycles. The molecule has 0 N–H and O–H groups in total. The van der Waals surface area contributed by atoms with Crippen molar-refractivity contribution in [1.82, 2.24) is 19.1 Å². The van der Waals surface area contributed by atoms with Crippen LogP contribution in [0.2, 0.25) is 0 Å². The van der Waals surface area contributed by atoms with E-state index in [0.717, 1.165) is 55.5 Å². The molecule has 5 heteroatoms. The molecule has 0 spiro atoms. The van der Waals surface area contributed by atoms with Crippen LogP contribution in [0.25, 0.3) is 99.7 Å².